The fourth-order valence-corrected chi connectivity index (χ4v) is 2.44. The highest BCUT2D eigenvalue weighted by atomic mass is 19.1. The molecule has 0 amide bonds. The maximum absolute atomic E-state index is 14.2. The largest absolute Gasteiger partial charge is 0.740 e. The van der Waals surface area contributed by atoms with Gasteiger partial charge in [0.2, 0.25) is 11.6 Å². The van der Waals surface area contributed by atoms with Crippen LogP contribution in [0.2, 0.25) is 0 Å². The molecule has 1 heterocycles. The summed E-state index contributed by atoms with van der Waals surface area (Å²) >= 11 is 0. The van der Waals surface area contributed by atoms with Gasteiger partial charge in [0, 0.05) is 24.9 Å². The Morgan fingerprint density at radius 1 is 1.13 bits per heavy atom. The molecule has 10 nitrogen and oxygen atoms in total. The summed E-state index contributed by atoms with van der Waals surface area (Å²) in [6.07, 6.45) is 0.706. The van der Waals surface area contributed by atoms with E-state index < -0.39 is 10.7 Å². The van der Waals surface area contributed by atoms with Crippen LogP contribution in [0.3, 0.4) is 0 Å². The van der Waals surface area contributed by atoms with Crippen molar-refractivity contribution in [3.05, 3.63) is 75.9 Å². The first-order valence-corrected chi connectivity index (χ1v) is 8.76. The number of methoxy groups -OCH3 is 1. The Bertz CT molecular complexity index is 1030. The topological polar surface area (TPSA) is 125 Å². The van der Waals surface area contributed by atoms with Crippen LogP contribution in [-0.4, -0.2) is 30.2 Å². The zero-order valence-electron chi connectivity index (χ0n) is 15.9. The molecule has 0 aliphatic heterocycles. The SMILES string of the molecule is COCCOc1ccc(Nc2nc(Nc3cccc([N+](=O)[O-])c3)c(F)c[n+]2[O-])cc1. The van der Waals surface area contributed by atoms with Gasteiger partial charge < -0.3 is 20.0 Å². The van der Waals surface area contributed by atoms with Crippen molar-refractivity contribution in [1.29, 1.82) is 0 Å². The number of benzene rings is 2. The zero-order chi connectivity index (χ0) is 21.5. The van der Waals surface area contributed by atoms with Crippen LogP contribution in [-0.2, 0) is 4.74 Å². The Balaban J connectivity index is 1.76. The van der Waals surface area contributed by atoms with Gasteiger partial charge in [-0.15, -0.1) is 0 Å². The van der Waals surface area contributed by atoms with Crippen LogP contribution in [0.15, 0.2) is 54.7 Å². The summed E-state index contributed by atoms with van der Waals surface area (Å²) in [5.41, 5.74) is 0.614. The van der Waals surface area contributed by atoms with Gasteiger partial charge in [0.15, 0.2) is 0 Å². The highest BCUT2D eigenvalue weighted by Gasteiger charge is 2.17. The summed E-state index contributed by atoms with van der Waals surface area (Å²) in [5, 5.41) is 28.4. The monoisotopic (exact) mass is 415 g/mol. The molecule has 156 valence electrons. The second-order valence-corrected chi connectivity index (χ2v) is 6.01. The lowest BCUT2D eigenvalue weighted by atomic mass is 10.3. The summed E-state index contributed by atoms with van der Waals surface area (Å²) in [5.74, 6) is -0.737. The van der Waals surface area contributed by atoms with Crippen molar-refractivity contribution in [2.24, 2.45) is 0 Å². The number of non-ortho nitro benzene ring substituents is 1. The Morgan fingerprint density at radius 3 is 2.60 bits per heavy atom. The molecular weight excluding hydrogens is 397 g/mol. The van der Waals surface area contributed by atoms with Crippen molar-refractivity contribution in [2.45, 2.75) is 0 Å². The second kappa shape index (κ2) is 9.47. The van der Waals surface area contributed by atoms with Gasteiger partial charge >= 0.3 is 5.95 Å². The number of nitrogens with zero attached hydrogens (tertiary/aromatic N) is 3. The molecule has 0 aliphatic rings. The number of halogens is 1. The molecule has 0 bridgehead atoms. The highest BCUT2D eigenvalue weighted by molar-refractivity contribution is 5.61. The van der Waals surface area contributed by atoms with Gasteiger partial charge in [0.1, 0.15) is 18.6 Å². The van der Waals surface area contributed by atoms with Gasteiger partial charge in [0.25, 0.3) is 5.69 Å². The second-order valence-electron chi connectivity index (χ2n) is 6.01. The van der Waals surface area contributed by atoms with Crippen LogP contribution in [0.25, 0.3) is 0 Å². The minimum Gasteiger partial charge on any atom is -0.740 e. The molecule has 0 saturated heterocycles. The maximum atomic E-state index is 14.2. The third-order valence-electron chi connectivity index (χ3n) is 3.87. The van der Waals surface area contributed by atoms with E-state index >= 15 is 0 Å². The molecule has 0 radical (unpaired) electrons. The van der Waals surface area contributed by atoms with Gasteiger partial charge in [-0.2, -0.15) is 4.39 Å². The van der Waals surface area contributed by atoms with Gasteiger partial charge in [-0.25, -0.2) is 10.0 Å². The molecule has 3 rings (SSSR count). The fraction of sp³-hybridized carbons (Fsp3) is 0.158. The molecule has 0 saturated carbocycles. The molecule has 3 aromatic rings. The van der Waals surface area contributed by atoms with E-state index in [1.807, 2.05) is 0 Å². The molecule has 2 N–H and O–H groups in total. The minimum atomic E-state index is -0.913. The number of aromatic nitrogens is 2. The summed E-state index contributed by atoms with van der Waals surface area (Å²) in [7, 11) is 1.58. The minimum absolute atomic E-state index is 0.165. The molecular formula is C19H18FN5O5. The van der Waals surface area contributed by atoms with Gasteiger partial charge in [-0.3, -0.25) is 10.1 Å². The van der Waals surface area contributed by atoms with Crippen molar-refractivity contribution in [3.63, 3.8) is 0 Å². The Kier molecular flexibility index (Phi) is 6.55. The first-order valence-electron chi connectivity index (χ1n) is 8.76. The molecule has 30 heavy (non-hydrogen) atoms. The van der Waals surface area contributed by atoms with Crippen LogP contribution in [0, 0.1) is 21.1 Å². The van der Waals surface area contributed by atoms with E-state index in [0.717, 1.165) is 0 Å². The van der Waals surface area contributed by atoms with Gasteiger partial charge in [-0.1, -0.05) is 6.07 Å². The van der Waals surface area contributed by atoms with Gasteiger partial charge in [-0.05, 0) is 35.3 Å². The number of hydrogen-bond acceptors (Lipinski definition) is 8. The van der Waals surface area contributed by atoms with E-state index in [0.29, 0.717) is 30.8 Å². The summed E-state index contributed by atoms with van der Waals surface area (Å²) < 4.78 is 24.8. The molecule has 0 fully saturated rings. The van der Waals surface area contributed by atoms with Gasteiger partial charge in [0.05, 0.1) is 17.2 Å². The van der Waals surface area contributed by atoms with Crippen molar-refractivity contribution in [3.8, 4) is 5.75 Å². The van der Waals surface area contributed by atoms with E-state index in [2.05, 4.69) is 15.6 Å². The quantitative estimate of drug-likeness (QED) is 0.179. The van der Waals surface area contributed by atoms with Crippen molar-refractivity contribution in [2.75, 3.05) is 31.0 Å². The third-order valence-corrected chi connectivity index (χ3v) is 3.87. The Labute approximate surface area is 170 Å². The molecule has 2 aromatic carbocycles. The molecule has 11 heteroatoms. The van der Waals surface area contributed by atoms with E-state index in [1.165, 1.54) is 24.3 Å². The summed E-state index contributed by atoms with van der Waals surface area (Å²) in [6, 6.07) is 12.2. The predicted octanol–water partition coefficient (Wildman–Crippen LogP) is 3.27. The van der Waals surface area contributed by atoms with Crippen LogP contribution in [0.1, 0.15) is 0 Å². The average molecular weight is 415 g/mol. The number of ether oxygens (including phenoxy) is 2. The van der Waals surface area contributed by atoms with Crippen LogP contribution in [0.4, 0.5) is 33.2 Å². The van der Waals surface area contributed by atoms with Crippen LogP contribution in [0.5, 0.6) is 5.75 Å². The van der Waals surface area contributed by atoms with Crippen molar-refractivity contribution >= 4 is 28.8 Å². The Morgan fingerprint density at radius 2 is 1.90 bits per heavy atom. The lowest BCUT2D eigenvalue weighted by Crippen LogP contribution is -2.32. The van der Waals surface area contributed by atoms with E-state index in [1.54, 1.807) is 31.4 Å². The van der Waals surface area contributed by atoms with Crippen molar-refractivity contribution < 1.29 is 23.5 Å². The highest BCUT2D eigenvalue weighted by Crippen LogP contribution is 2.23. The van der Waals surface area contributed by atoms with E-state index in [9.17, 15) is 19.7 Å². The number of nitrogens with one attached hydrogen (secondary N) is 2. The van der Waals surface area contributed by atoms with Crippen LogP contribution >= 0.6 is 0 Å². The average Bonchev–Trinajstić information content (AvgIpc) is 2.73. The molecule has 1 aromatic heterocycles. The number of hydrogen-bond donors (Lipinski definition) is 2. The molecule has 0 atom stereocenters. The molecule has 0 aliphatic carbocycles. The fourth-order valence-electron chi connectivity index (χ4n) is 2.44. The first-order chi connectivity index (χ1) is 14.5. The molecule has 0 unspecified atom stereocenters. The number of anilines is 4. The van der Waals surface area contributed by atoms with E-state index in [-0.39, 0.29) is 27.9 Å². The third kappa shape index (κ3) is 5.29. The van der Waals surface area contributed by atoms with Crippen molar-refractivity contribution in [1.82, 2.24) is 4.98 Å². The van der Waals surface area contributed by atoms with E-state index in [4.69, 9.17) is 9.47 Å². The number of nitro benzene ring substituents is 1. The first kappa shape index (κ1) is 20.7. The normalized spacial score (nSPS) is 10.5. The summed E-state index contributed by atoms with van der Waals surface area (Å²) in [6.45, 7) is 0.853. The standard InChI is InChI=1S/C19H18FN5O5/c1-29-9-10-30-16-7-5-13(6-8-16)22-19-23-18(17(20)12-24(19)26)21-14-3-2-4-15(11-14)25(27)28/h2-8,11-12H,9-10H2,1H3,(H2,21,22,23). The Hall–Kier alpha value is -3.99. The summed E-state index contributed by atoms with van der Waals surface area (Å²) in [4.78, 5) is 14.3. The number of rotatable bonds is 9. The zero-order valence-corrected chi connectivity index (χ0v) is 15.9. The smallest absolute Gasteiger partial charge is 0.399 e. The molecule has 0 spiro atoms. The number of nitro groups is 1. The predicted molar refractivity (Wildman–Crippen MR) is 107 cm³/mol. The lowest BCUT2D eigenvalue weighted by molar-refractivity contribution is -0.594. The lowest BCUT2D eigenvalue weighted by Gasteiger charge is -2.11. The maximum Gasteiger partial charge on any atom is 0.399 e. The van der Waals surface area contributed by atoms with Crippen LogP contribution < -0.4 is 20.1 Å².